The Kier molecular flexibility index (Phi) is 9.85. The van der Waals surface area contributed by atoms with E-state index in [-0.39, 0.29) is 31.1 Å². The molecule has 34 heavy (non-hydrogen) atoms. The van der Waals surface area contributed by atoms with Crippen LogP contribution in [0.5, 0.6) is 0 Å². The van der Waals surface area contributed by atoms with Crippen molar-refractivity contribution in [3.63, 3.8) is 0 Å². The molecule has 1 N–H and O–H groups in total. The highest BCUT2D eigenvalue weighted by atomic mass is 16.5. The number of amides is 2. The van der Waals surface area contributed by atoms with Gasteiger partial charge in [0.05, 0.1) is 25.7 Å². The molecule has 6 nitrogen and oxygen atoms in total. The maximum absolute atomic E-state index is 12.7. The molecule has 0 saturated carbocycles. The standard InChI is InChI=1S/C28H29N3O3/c29-17-8-18-31(26-13-5-2-6-14-26)28(33)16-15-27(32)30-20-24-11-7-12-25(19-24)22-34-21-23-9-3-1-4-10-23/h1-7,9-14,19H,8,15-16,18,20-22H2,(H,30,32). The number of para-hydroxylation sites is 1. The Morgan fingerprint density at radius 2 is 1.47 bits per heavy atom. The molecule has 0 aliphatic carbocycles. The molecule has 174 valence electrons. The lowest BCUT2D eigenvalue weighted by atomic mass is 10.1. The number of ether oxygens (including phenoxy) is 1. The summed E-state index contributed by atoms with van der Waals surface area (Å²) < 4.78 is 5.79. The van der Waals surface area contributed by atoms with E-state index in [9.17, 15) is 9.59 Å². The number of benzene rings is 3. The monoisotopic (exact) mass is 455 g/mol. The van der Waals surface area contributed by atoms with Crippen molar-refractivity contribution in [2.75, 3.05) is 11.4 Å². The summed E-state index contributed by atoms with van der Waals surface area (Å²) in [6.07, 6.45) is 0.409. The number of anilines is 1. The van der Waals surface area contributed by atoms with Crippen molar-refractivity contribution in [1.82, 2.24) is 5.32 Å². The van der Waals surface area contributed by atoms with Crippen molar-refractivity contribution in [2.45, 2.75) is 39.0 Å². The Morgan fingerprint density at radius 3 is 2.21 bits per heavy atom. The first-order valence-electron chi connectivity index (χ1n) is 11.3. The molecule has 0 aliphatic rings. The van der Waals surface area contributed by atoms with Crippen molar-refractivity contribution < 1.29 is 14.3 Å². The molecule has 3 rings (SSSR count). The molecule has 0 atom stereocenters. The predicted octanol–water partition coefficient (Wildman–Crippen LogP) is 4.75. The lowest BCUT2D eigenvalue weighted by Gasteiger charge is -2.21. The van der Waals surface area contributed by atoms with Gasteiger partial charge >= 0.3 is 0 Å². The molecule has 3 aromatic rings. The van der Waals surface area contributed by atoms with Gasteiger partial charge in [-0.3, -0.25) is 9.59 Å². The maximum atomic E-state index is 12.7. The largest absolute Gasteiger partial charge is 0.372 e. The van der Waals surface area contributed by atoms with Crippen LogP contribution in [0.25, 0.3) is 0 Å². The molecule has 0 bridgehead atoms. The van der Waals surface area contributed by atoms with Gasteiger partial charge in [-0.05, 0) is 28.8 Å². The van der Waals surface area contributed by atoms with E-state index in [4.69, 9.17) is 10.00 Å². The lowest BCUT2D eigenvalue weighted by molar-refractivity contribution is -0.125. The van der Waals surface area contributed by atoms with E-state index in [1.165, 1.54) is 0 Å². The van der Waals surface area contributed by atoms with Crippen molar-refractivity contribution in [3.05, 3.63) is 102 Å². The summed E-state index contributed by atoms with van der Waals surface area (Å²) in [6, 6.07) is 29.2. The molecule has 0 heterocycles. The van der Waals surface area contributed by atoms with Crippen molar-refractivity contribution in [2.24, 2.45) is 0 Å². The first-order chi connectivity index (χ1) is 16.7. The second-order valence-electron chi connectivity index (χ2n) is 7.86. The Balaban J connectivity index is 1.44. The highest BCUT2D eigenvalue weighted by molar-refractivity contribution is 5.95. The summed E-state index contributed by atoms with van der Waals surface area (Å²) in [5.41, 5.74) is 3.86. The van der Waals surface area contributed by atoms with Gasteiger partial charge in [0.15, 0.2) is 0 Å². The quantitative estimate of drug-likeness (QED) is 0.427. The summed E-state index contributed by atoms with van der Waals surface area (Å²) >= 11 is 0. The third-order valence-electron chi connectivity index (χ3n) is 5.24. The fourth-order valence-corrected chi connectivity index (χ4v) is 3.50. The van der Waals surface area contributed by atoms with Crippen LogP contribution in [-0.2, 0) is 34.1 Å². The third-order valence-corrected chi connectivity index (χ3v) is 5.24. The number of hydrogen-bond acceptors (Lipinski definition) is 4. The topological polar surface area (TPSA) is 82.4 Å². The summed E-state index contributed by atoms with van der Waals surface area (Å²) in [4.78, 5) is 26.6. The number of hydrogen-bond donors (Lipinski definition) is 1. The van der Waals surface area contributed by atoms with E-state index in [0.717, 1.165) is 22.4 Å². The minimum absolute atomic E-state index is 0.0829. The highest BCUT2D eigenvalue weighted by Crippen LogP contribution is 2.16. The molecular weight excluding hydrogens is 426 g/mol. The Morgan fingerprint density at radius 1 is 0.824 bits per heavy atom. The van der Waals surface area contributed by atoms with Crippen LogP contribution < -0.4 is 10.2 Å². The number of carbonyl (C=O) groups is 2. The van der Waals surface area contributed by atoms with Crippen molar-refractivity contribution >= 4 is 17.5 Å². The first kappa shape index (κ1) is 24.7. The second-order valence-corrected chi connectivity index (χ2v) is 7.86. The van der Waals surface area contributed by atoms with Gasteiger partial charge in [-0.1, -0.05) is 72.8 Å². The fraction of sp³-hybridized carbons (Fsp3) is 0.250. The lowest BCUT2D eigenvalue weighted by Crippen LogP contribution is -2.33. The molecule has 3 aromatic carbocycles. The molecule has 0 radical (unpaired) electrons. The van der Waals surface area contributed by atoms with Gasteiger partial charge in [-0.25, -0.2) is 0 Å². The molecular formula is C28H29N3O3. The van der Waals surface area contributed by atoms with Crippen molar-refractivity contribution in [1.29, 1.82) is 5.26 Å². The minimum atomic E-state index is -0.188. The maximum Gasteiger partial charge on any atom is 0.227 e. The van der Waals surface area contributed by atoms with Crippen molar-refractivity contribution in [3.8, 4) is 6.07 Å². The molecule has 0 fully saturated rings. The normalized spacial score (nSPS) is 10.3. The number of rotatable bonds is 12. The minimum Gasteiger partial charge on any atom is -0.372 e. The van der Waals surface area contributed by atoms with Gasteiger partial charge in [0, 0.05) is 31.6 Å². The third kappa shape index (κ3) is 8.19. The zero-order valence-electron chi connectivity index (χ0n) is 19.2. The molecule has 6 heteroatoms. The Labute approximate surface area is 200 Å². The van der Waals surface area contributed by atoms with Crippen LogP contribution in [0.2, 0.25) is 0 Å². The smallest absolute Gasteiger partial charge is 0.227 e. The van der Waals surface area contributed by atoms with E-state index in [2.05, 4.69) is 11.4 Å². The van der Waals surface area contributed by atoms with Crippen LogP contribution in [0.15, 0.2) is 84.9 Å². The van der Waals surface area contributed by atoms with E-state index < -0.39 is 0 Å². The van der Waals surface area contributed by atoms with Crippen LogP contribution in [0.4, 0.5) is 5.69 Å². The second kappa shape index (κ2) is 13.6. The van der Waals surface area contributed by atoms with Gasteiger partial charge in [0.1, 0.15) is 0 Å². The SMILES string of the molecule is N#CCCN(C(=O)CCC(=O)NCc1cccc(COCc2ccccc2)c1)c1ccccc1. The van der Waals surface area contributed by atoms with Gasteiger partial charge in [0.2, 0.25) is 11.8 Å². The van der Waals surface area contributed by atoms with E-state index in [1.807, 2.05) is 84.9 Å². The molecule has 0 aliphatic heterocycles. The van der Waals surface area contributed by atoms with Gasteiger partial charge in [-0.2, -0.15) is 5.26 Å². The van der Waals surface area contributed by atoms with Gasteiger partial charge < -0.3 is 15.0 Å². The van der Waals surface area contributed by atoms with Gasteiger partial charge in [0.25, 0.3) is 0 Å². The number of carbonyl (C=O) groups excluding carboxylic acids is 2. The van der Waals surface area contributed by atoms with Crippen LogP contribution in [0, 0.1) is 11.3 Å². The average molecular weight is 456 g/mol. The molecule has 0 aromatic heterocycles. The Hall–Kier alpha value is -3.95. The zero-order chi connectivity index (χ0) is 24.0. The van der Waals surface area contributed by atoms with Crippen LogP contribution in [-0.4, -0.2) is 18.4 Å². The molecule has 0 saturated heterocycles. The van der Waals surface area contributed by atoms with E-state index in [1.54, 1.807) is 4.90 Å². The summed E-state index contributed by atoms with van der Waals surface area (Å²) in [5.74, 6) is -0.360. The number of nitrogens with zero attached hydrogens (tertiary/aromatic N) is 2. The number of nitriles is 1. The fourth-order valence-electron chi connectivity index (χ4n) is 3.50. The van der Waals surface area contributed by atoms with Crippen LogP contribution in [0.1, 0.15) is 36.0 Å². The highest BCUT2D eigenvalue weighted by Gasteiger charge is 2.16. The van der Waals surface area contributed by atoms with Crippen LogP contribution >= 0.6 is 0 Å². The molecule has 0 unspecified atom stereocenters. The Bertz CT molecular complexity index is 1090. The summed E-state index contributed by atoms with van der Waals surface area (Å²) in [6.45, 7) is 1.73. The van der Waals surface area contributed by atoms with E-state index in [0.29, 0.717) is 26.3 Å². The first-order valence-corrected chi connectivity index (χ1v) is 11.3. The average Bonchev–Trinajstić information content (AvgIpc) is 2.88. The molecule has 0 spiro atoms. The summed E-state index contributed by atoms with van der Waals surface area (Å²) in [5, 5.41) is 11.8. The summed E-state index contributed by atoms with van der Waals surface area (Å²) in [7, 11) is 0. The molecule has 2 amide bonds. The zero-order valence-corrected chi connectivity index (χ0v) is 19.2. The van der Waals surface area contributed by atoms with Gasteiger partial charge in [-0.15, -0.1) is 0 Å². The van der Waals surface area contributed by atoms with Crippen LogP contribution in [0.3, 0.4) is 0 Å². The van der Waals surface area contributed by atoms with E-state index >= 15 is 0 Å². The predicted molar refractivity (Wildman–Crippen MR) is 131 cm³/mol. The number of nitrogens with one attached hydrogen (secondary N) is 1.